The molecule has 5 heterocycles. The third kappa shape index (κ3) is 13.2. The van der Waals surface area contributed by atoms with E-state index in [4.69, 9.17) is 59.9 Å². The highest BCUT2D eigenvalue weighted by atomic mass is 79.9. The second-order valence-electron chi connectivity index (χ2n) is 32.2. The number of furan rings is 2. The van der Waals surface area contributed by atoms with Crippen LogP contribution in [0.4, 0.5) is 5.69 Å². The Morgan fingerprint density at radius 2 is 0.678 bits per heavy atom. The predicted molar refractivity (Wildman–Crippen MR) is 479 cm³/mol. The topological polar surface area (TPSA) is 150 Å². The Morgan fingerprint density at radius 1 is 0.331 bits per heavy atom. The lowest BCUT2D eigenvalue weighted by molar-refractivity contribution is 0.00578. The van der Waals surface area contributed by atoms with Gasteiger partial charge in [0, 0.05) is 81.3 Å². The zero-order valence-electron chi connectivity index (χ0n) is 66.2. The minimum Gasteiger partial charge on any atom is -0.456 e. The van der Waals surface area contributed by atoms with E-state index in [9.17, 15) is 0 Å². The Bertz CT molecular complexity index is 6960. The van der Waals surface area contributed by atoms with Gasteiger partial charge in [0.05, 0.1) is 29.4 Å². The van der Waals surface area contributed by atoms with E-state index in [-0.39, 0.29) is 10.8 Å². The number of nitrogens with zero attached hydrogens (tertiary/aromatic N) is 8. The molecule has 0 bridgehead atoms. The fraction of sp³-hybridized carbons (Fsp3) is 0.115. The first-order valence-electron chi connectivity index (χ1n) is 39.5. The number of rotatable bonds is 10. The van der Waals surface area contributed by atoms with Gasteiger partial charge in [0.1, 0.15) is 22.3 Å². The molecule has 566 valence electrons. The highest BCUT2D eigenvalue weighted by molar-refractivity contribution is 9.10. The Hall–Kier alpha value is -13.9. The molecule has 1 aliphatic heterocycles. The summed E-state index contributed by atoms with van der Waals surface area (Å²) in [7, 11) is -0.602. The van der Waals surface area contributed by atoms with Crippen LogP contribution in [0.5, 0.6) is 0 Å². The molecule has 0 atom stereocenters. The van der Waals surface area contributed by atoms with Gasteiger partial charge in [0.15, 0.2) is 40.6 Å². The summed E-state index contributed by atoms with van der Waals surface area (Å²) >= 11 is 3.54. The Labute approximate surface area is 693 Å². The van der Waals surface area contributed by atoms with E-state index in [2.05, 4.69) is 222 Å². The van der Waals surface area contributed by atoms with Crippen LogP contribution in [-0.4, -0.2) is 48.2 Å². The van der Waals surface area contributed by atoms with Gasteiger partial charge in [-0.3, -0.25) is 0 Å². The maximum Gasteiger partial charge on any atom is 0.499 e. The monoisotopic (exact) mass is 1590 g/mol. The molecule has 1 fully saturated rings. The van der Waals surface area contributed by atoms with Crippen molar-refractivity contribution < 1.29 is 18.1 Å². The third-order valence-electron chi connectivity index (χ3n) is 23.8. The van der Waals surface area contributed by atoms with Gasteiger partial charge in [-0.1, -0.05) is 304 Å². The first-order chi connectivity index (χ1) is 57.3. The zero-order valence-corrected chi connectivity index (χ0v) is 67.8. The number of hydrogen-bond acceptors (Lipinski definition) is 11. The molecule has 14 aromatic carbocycles. The maximum atomic E-state index is 9.04. The molecule has 118 heavy (non-hydrogen) atoms. The van der Waals surface area contributed by atoms with E-state index in [1.54, 1.807) is 0 Å². The minimum absolute atomic E-state index is 0.0404. The smallest absolute Gasteiger partial charge is 0.456 e. The van der Waals surface area contributed by atoms with Crippen molar-refractivity contribution in [2.75, 3.05) is 0 Å². The quantitative estimate of drug-likeness (QED) is 0.0951. The van der Waals surface area contributed by atoms with Crippen LogP contribution in [0.2, 0.25) is 0 Å². The van der Waals surface area contributed by atoms with Crippen molar-refractivity contribution in [1.29, 1.82) is 5.26 Å². The van der Waals surface area contributed by atoms with E-state index in [0.717, 1.165) is 126 Å². The van der Waals surface area contributed by atoms with Gasteiger partial charge in [-0.2, -0.15) is 5.26 Å². The lowest BCUT2D eigenvalue weighted by Crippen LogP contribution is -2.41. The van der Waals surface area contributed by atoms with E-state index >= 15 is 0 Å². The van der Waals surface area contributed by atoms with Crippen molar-refractivity contribution in [2.45, 2.75) is 77.4 Å². The molecule has 18 aromatic rings. The number of hydrogen-bond donors (Lipinski definition) is 0. The van der Waals surface area contributed by atoms with Crippen LogP contribution in [-0.2, 0) is 20.1 Å². The lowest BCUT2D eigenvalue weighted by atomic mass is 9.73. The Kier molecular flexibility index (Phi) is 18.5. The fourth-order valence-corrected chi connectivity index (χ4v) is 17.1. The molecule has 4 aromatic heterocycles. The summed E-state index contributed by atoms with van der Waals surface area (Å²) in [6.07, 6.45) is 0. The van der Waals surface area contributed by atoms with Gasteiger partial charge in [0.2, 0.25) is 0 Å². The Morgan fingerprint density at radius 3 is 1.14 bits per heavy atom. The van der Waals surface area contributed by atoms with E-state index in [0.29, 0.717) is 40.6 Å². The first-order valence-corrected chi connectivity index (χ1v) is 40.3. The summed E-state index contributed by atoms with van der Waals surface area (Å²) in [6, 6.07) is 109. The molecule has 21 rings (SSSR count). The molecule has 0 spiro atoms. The van der Waals surface area contributed by atoms with Crippen molar-refractivity contribution in [3.05, 3.63) is 359 Å². The lowest BCUT2D eigenvalue weighted by Gasteiger charge is -2.32. The third-order valence-corrected chi connectivity index (χ3v) is 24.3. The molecular weight excluding hydrogens is 1520 g/mol. The molecule has 3 aliphatic rings. The Balaban J connectivity index is 0.000000131. The highest BCUT2D eigenvalue weighted by Crippen LogP contribution is 2.54. The van der Waals surface area contributed by atoms with Crippen LogP contribution in [0.3, 0.4) is 0 Å². The fourth-order valence-electron chi connectivity index (χ4n) is 16.8. The molecule has 0 radical (unpaired) electrons. The van der Waals surface area contributed by atoms with Crippen LogP contribution >= 0.6 is 15.9 Å². The van der Waals surface area contributed by atoms with Crippen LogP contribution in [0.25, 0.3) is 173 Å². The summed E-state index contributed by atoms with van der Waals surface area (Å²) in [5.74, 6) is 3.75. The summed E-state index contributed by atoms with van der Waals surface area (Å²) < 4.78 is 27.5. The summed E-state index contributed by atoms with van der Waals surface area (Å²) in [4.78, 5) is 33.1. The molecule has 1 saturated heterocycles. The second kappa shape index (κ2) is 29.5. The molecule has 14 heteroatoms. The van der Waals surface area contributed by atoms with E-state index in [1.807, 2.05) is 176 Å². The molecule has 0 saturated carbocycles. The summed E-state index contributed by atoms with van der Waals surface area (Å²) in [5.41, 5.74) is 26.0. The summed E-state index contributed by atoms with van der Waals surface area (Å²) in [6.45, 7) is 24.9. The zero-order chi connectivity index (χ0) is 80.8. The van der Waals surface area contributed by atoms with E-state index in [1.165, 1.54) is 44.5 Å². The van der Waals surface area contributed by atoms with Crippen LogP contribution < -0.4 is 5.46 Å². The van der Waals surface area contributed by atoms with Gasteiger partial charge in [-0.15, -0.1) is 0 Å². The maximum absolute atomic E-state index is 9.04. The van der Waals surface area contributed by atoms with Gasteiger partial charge < -0.3 is 18.1 Å². The van der Waals surface area contributed by atoms with Gasteiger partial charge in [-0.05, 0) is 155 Å². The normalized spacial score (nSPS) is 14.1. The molecule has 0 amide bonds. The molecule has 0 N–H and O–H groups in total. The number of aromatic nitrogens is 6. The number of benzene rings is 14. The van der Waals surface area contributed by atoms with Crippen molar-refractivity contribution in [3.8, 4) is 130 Å². The van der Waals surface area contributed by atoms with Crippen molar-refractivity contribution >= 4 is 78.1 Å². The first kappa shape index (κ1) is 74.3. The average molecular weight is 1590 g/mol. The number of nitriles is 1. The molecule has 0 unspecified atom stereocenters. The van der Waals surface area contributed by atoms with Crippen molar-refractivity contribution in [2.24, 2.45) is 0 Å². The number of fused-ring (bicyclic) bond motifs is 12. The van der Waals surface area contributed by atoms with Crippen LogP contribution in [0.15, 0.2) is 329 Å². The minimum atomic E-state index is -0.602. The molecule has 2 aliphatic carbocycles. The van der Waals surface area contributed by atoms with Gasteiger partial charge >= 0.3 is 7.12 Å². The molecule has 12 nitrogen and oxygen atoms in total. The van der Waals surface area contributed by atoms with Crippen molar-refractivity contribution in [1.82, 2.24) is 29.9 Å². The SMILES string of the molecule is CC1(C)OB(c2c(-c3ccc(-c4nc(-c5ccccc5)nc(-c5ccccc5)n4)cc3)ccc3c2oc2ccccc23)OC1(C)C.CC1(C)c2cc(Br)ccc2-c2ccc(C#N)cc21.[C-]#[N+]c1ccc2c(c1)C(C)(C)c1cc(-c3c(-c4ccc(-c5nc(-c6ccccc6)nc(-c6ccccc6)n5)cc4)ccc4c3oc3ccccc34)ccc1-2. The highest BCUT2D eigenvalue weighted by Gasteiger charge is 2.53. The van der Waals surface area contributed by atoms with Gasteiger partial charge in [-0.25, -0.2) is 34.7 Å². The largest absolute Gasteiger partial charge is 0.499 e. The van der Waals surface area contributed by atoms with Gasteiger partial charge in [0.25, 0.3) is 0 Å². The second-order valence-corrected chi connectivity index (χ2v) is 33.1. The standard InChI is InChI=1S/C49H32N4O.C39H32BN3O3.C16H12BrN/c1-49(2)41-28-34(22-24-37(41)38-25-23-35(50-3)29-42(38)49)44-36(26-27-40-39-16-10-11-17-43(39)54-45(40)44)30-18-20-33(21-19-30)48-52-46(31-12-6-4-7-13-31)51-47(53-48)32-14-8-5-9-15-32;1-38(2)39(3,4)46-40(45-38)33-29(23-24-31-30-17-11-12-18-32(30)44-34(31)33)25-19-21-28(22-20-25)37-42-35(26-13-7-5-8-14-26)41-36(43-37)27-15-9-6-10-16-27;1-16(2)14-7-10(9-18)3-5-12(14)13-6-4-11(17)8-15(13)16/h4-29H,1-2H3;5-24H,1-4H3;3-8H,1-2H3. The molecular formula is C104H76BBrN8O4. The average Bonchev–Trinajstić information content (AvgIpc) is 1.59. The van der Waals surface area contributed by atoms with E-state index < -0.39 is 18.3 Å². The summed E-state index contributed by atoms with van der Waals surface area (Å²) in [5, 5.41) is 13.3. The van der Waals surface area contributed by atoms with Crippen LogP contribution in [0.1, 0.15) is 83.2 Å². The number of halogens is 1. The van der Waals surface area contributed by atoms with Crippen molar-refractivity contribution in [3.63, 3.8) is 0 Å². The number of para-hydroxylation sites is 2. The van der Waals surface area contributed by atoms with Crippen LogP contribution in [0, 0.1) is 17.9 Å². The predicted octanol–water partition coefficient (Wildman–Crippen LogP) is 26.3.